The fourth-order valence-corrected chi connectivity index (χ4v) is 3.20. The van der Waals surface area contributed by atoms with Gasteiger partial charge >= 0.3 is 0 Å². The fraction of sp³-hybridized carbons (Fsp3) is 0.350. The normalized spacial score (nSPS) is 17.0. The second-order valence-corrected chi connectivity index (χ2v) is 5.93. The summed E-state index contributed by atoms with van der Waals surface area (Å²) in [5.74, 6) is 0.755. The van der Waals surface area contributed by atoms with Crippen LogP contribution in [0, 0.1) is 6.54 Å². The van der Waals surface area contributed by atoms with Crippen LogP contribution in [-0.4, -0.2) is 18.0 Å². The van der Waals surface area contributed by atoms with E-state index in [4.69, 9.17) is 0 Å². The number of piperidine rings is 1. The van der Waals surface area contributed by atoms with Crippen LogP contribution >= 0.6 is 0 Å². The monoisotopic (exact) mass is 278 g/mol. The van der Waals surface area contributed by atoms with Gasteiger partial charge in [-0.05, 0) is 55.8 Å². The molecule has 1 nitrogen and oxygen atoms in total. The van der Waals surface area contributed by atoms with Gasteiger partial charge in [0.05, 0.1) is 0 Å². The minimum atomic E-state index is 0.755. The first-order valence-electron chi connectivity index (χ1n) is 8.08. The van der Waals surface area contributed by atoms with Gasteiger partial charge in [-0.25, -0.2) is 0 Å². The predicted octanol–water partition coefficient (Wildman–Crippen LogP) is 4.66. The zero-order valence-corrected chi connectivity index (χ0v) is 12.6. The summed E-state index contributed by atoms with van der Waals surface area (Å²) in [6, 6.07) is 21.8. The molecule has 1 fully saturated rings. The van der Waals surface area contributed by atoms with Gasteiger partial charge in [0.15, 0.2) is 0 Å². The van der Waals surface area contributed by atoms with E-state index in [1.165, 1.54) is 37.1 Å². The minimum absolute atomic E-state index is 0.755. The number of rotatable bonds is 5. The lowest BCUT2D eigenvalue weighted by atomic mass is 9.89. The van der Waals surface area contributed by atoms with E-state index in [9.17, 15) is 0 Å². The molecule has 0 N–H and O–H groups in total. The summed E-state index contributed by atoms with van der Waals surface area (Å²) in [5.41, 5.74) is 2.95. The van der Waals surface area contributed by atoms with Crippen molar-refractivity contribution in [3.05, 3.63) is 78.3 Å². The van der Waals surface area contributed by atoms with E-state index in [2.05, 4.69) is 72.1 Å². The molecule has 109 valence electrons. The van der Waals surface area contributed by atoms with Crippen LogP contribution in [-0.2, 0) is 6.42 Å². The quantitative estimate of drug-likeness (QED) is 0.769. The maximum atomic E-state index is 2.52. The largest absolute Gasteiger partial charge is 0.299 e. The molecule has 0 unspecified atom stereocenters. The molecule has 1 heteroatoms. The molecule has 0 saturated carbocycles. The van der Waals surface area contributed by atoms with Crippen molar-refractivity contribution in [1.29, 1.82) is 0 Å². The van der Waals surface area contributed by atoms with Gasteiger partial charge in [0, 0.05) is 6.54 Å². The maximum absolute atomic E-state index is 2.52. The Morgan fingerprint density at radius 3 is 2.14 bits per heavy atom. The van der Waals surface area contributed by atoms with Crippen LogP contribution in [0.25, 0.3) is 0 Å². The molecule has 0 aromatic heterocycles. The highest BCUT2D eigenvalue weighted by molar-refractivity contribution is 5.20. The molecule has 1 aliphatic rings. The molecule has 3 rings (SSSR count). The van der Waals surface area contributed by atoms with Crippen LogP contribution in [0.1, 0.15) is 36.3 Å². The molecule has 1 aliphatic heterocycles. The highest BCUT2D eigenvalue weighted by Crippen LogP contribution is 2.28. The third-order valence-corrected chi connectivity index (χ3v) is 4.46. The first kappa shape index (κ1) is 14.3. The average Bonchev–Trinajstić information content (AvgIpc) is 2.57. The lowest BCUT2D eigenvalue weighted by Gasteiger charge is -2.31. The summed E-state index contributed by atoms with van der Waals surface area (Å²) in [5, 5.41) is 0. The van der Waals surface area contributed by atoms with Crippen molar-refractivity contribution in [2.75, 3.05) is 13.1 Å². The van der Waals surface area contributed by atoms with Crippen molar-refractivity contribution in [2.45, 2.75) is 31.6 Å². The van der Waals surface area contributed by atoms with Crippen LogP contribution in [0.15, 0.2) is 60.7 Å². The topological polar surface area (TPSA) is 3.24 Å². The Morgan fingerprint density at radius 1 is 0.857 bits per heavy atom. The van der Waals surface area contributed by atoms with Crippen molar-refractivity contribution in [1.82, 2.24) is 4.90 Å². The van der Waals surface area contributed by atoms with Gasteiger partial charge in [-0.3, -0.25) is 4.90 Å². The fourth-order valence-electron chi connectivity index (χ4n) is 3.20. The van der Waals surface area contributed by atoms with Crippen molar-refractivity contribution in [3.63, 3.8) is 0 Å². The lowest BCUT2D eigenvalue weighted by molar-refractivity contribution is 0.249. The molecule has 0 atom stereocenters. The van der Waals surface area contributed by atoms with Crippen LogP contribution in [0.3, 0.4) is 0 Å². The number of nitrogens with zero attached hydrogens (tertiary/aromatic N) is 1. The Hall–Kier alpha value is -1.60. The van der Waals surface area contributed by atoms with E-state index >= 15 is 0 Å². The summed E-state index contributed by atoms with van der Waals surface area (Å²) in [4.78, 5) is 2.52. The molecule has 2 aromatic rings. The first-order chi connectivity index (χ1) is 10.4. The van der Waals surface area contributed by atoms with Gasteiger partial charge in [-0.15, -0.1) is 0 Å². The summed E-state index contributed by atoms with van der Waals surface area (Å²) in [7, 11) is 0. The van der Waals surface area contributed by atoms with Gasteiger partial charge < -0.3 is 0 Å². The zero-order chi connectivity index (χ0) is 14.3. The highest BCUT2D eigenvalue weighted by atomic mass is 15.1. The number of hydrogen-bond donors (Lipinski definition) is 0. The van der Waals surface area contributed by atoms with Gasteiger partial charge in [0.1, 0.15) is 0 Å². The van der Waals surface area contributed by atoms with Crippen LogP contribution < -0.4 is 0 Å². The van der Waals surface area contributed by atoms with Crippen molar-refractivity contribution in [3.8, 4) is 0 Å². The summed E-state index contributed by atoms with van der Waals surface area (Å²) >= 11 is 0. The smallest absolute Gasteiger partial charge is 0.0254 e. The molecule has 0 aliphatic carbocycles. The van der Waals surface area contributed by atoms with E-state index in [0.717, 1.165) is 18.8 Å². The molecule has 1 heterocycles. The molecule has 1 saturated heterocycles. The number of benzene rings is 2. The van der Waals surface area contributed by atoms with Gasteiger partial charge in [0.2, 0.25) is 0 Å². The third kappa shape index (κ3) is 4.18. The van der Waals surface area contributed by atoms with E-state index in [-0.39, 0.29) is 0 Å². The minimum Gasteiger partial charge on any atom is -0.299 e. The lowest BCUT2D eigenvalue weighted by Crippen LogP contribution is -2.31. The number of hydrogen-bond acceptors (Lipinski definition) is 1. The van der Waals surface area contributed by atoms with Crippen molar-refractivity contribution >= 4 is 0 Å². The average molecular weight is 278 g/mol. The number of aryl methyl sites for hydroxylation is 1. The second-order valence-electron chi connectivity index (χ2n) is 5.93. The molecule has 0 spiro atoms. The molecular weight excluding hydrogens is 254 g/mol. The van der Waals surface area contributed by atoms with Crippen molar-refractivity contribution in [2.24, 2.45) is 0 Å². The SMILES string of the molecule is [CH](CCc1ccccc1)N1CCC(c2ccccc2)CC1. The third-order valence-electron chi connectivity index (χ3n) is 4.46. The van der Waals surface area contributed by atoms with Crippen LogP contribution in [0.5, 0.6) is 0 Å². The summed E-state index contributed by atoms with van der Waals surface area (Å²) in [6.07, 6.45) is 4.87. The Bertz CT molecular complexity index is 509. The predicted molar refractivity (Wildman–Crippen MR) is 89.1 cm³/mol. The van der Waals surface area contributed by atoms with Crippen molar-refractivity contribution < 1.29 is 0 Å². The Kier molecular flexibility index (Phi) is 5.07. The van der Waals surface area contributed by atoms with Gasteiger partial charge in [-0.1, -0.05) is 60.7 Å². The molecule has 0 amide bonds. The Morgan fingerprint density at radius 2 is 1.48 bits per heavy atom. The molecule has 0 bridgehead atoms. The molecule has 21 heavy (non-hydrogen) atoms. The van der Waals surface area contributed by atoms with E-state index in [1.54, 1.807) is 0 Å². The Labute approximate surface area is 128 Å². The van der Waals surface area contributed by atoms with Crippen LogP contribution in [0.4, 0.5) is 0 Å². The Balaban J connectivity index is 1.40. The summed E-state index contributed by atoms with van der Waals surface area (Å²) < 4.78 is 0. The highest BCUT2D eigenvalue weighted by Gasteiger charge is 2.19. The standard InChI is InChI=1S/C20H24N/c1-3-8-18(9-4-1)10-7-15-21-16-13-20(14-17-21)19-11-5-2-6-12-19/h1-6,8-9,11-12,15,20H,7,10,13-14,16-17H2. The van der Waals surface area contributed by atoms with Crippen LogP contribution in [0.2, 0.25) is 0 Å². The first-order valence-corrected chi connectivity index (χ1v) is 8.08. The molecular formula is C20H24N. The zero-order valence-electron chi connectivity index (χ0n) is 12.6. The second kappa shape index (κ2) is 7.42. The van der Waals surface area contributed by atoms with E-state index in [1.807, 2.05) is 0 Å². The van der Waals surface area contributed by atoms with E-state index < -0.39 is 0 Å². The van der Waals surface area contributed by atoms with Gasteiger partial charge in [-0.2, -0.15) is 0 Å². The number of likely N-dealkylation sites (tertiary alicyclic amines) is 1. The maximum Gasteiger partial charge on any atom is 0.0254 e. The van der Waals surface area contributed by atoms with E-state index in [0.29, 0.717) is 0 Å². The summed E-state index contributed by atoms with van der Waals surface area (Å²) in [6.45, 7) is 4.82. The molecule has 2 aromatic carbocycles. The van der Waals surface area contributed by atoms with Gasteiger partial charge in [0.25, 0.3) is 0 Å². The molecule has 1 radical (unpaired) electrons.